The molecule has 17 heavy (non-hydrogen) atoms. The first-order chi connectivity index (χ1) is 7.92. The van der Waals surface area contributed by atoms with Gasteiger partial charge in [-0.25, -0.2) is 4.68 Å². The second kappa shape index (κ2) is 5.67. The molecule has 0 aromatic carbocycles. The monoisotopic (exact) mass is 251 g/mol. The number of nitrogens with one attached hydrogen (secondary N) is 1. The molecule has 0 aliphatic carbocycles. The lowest BCUT2D eigenvalue weighted by atomic mass is 10.4. The summed E-state index contributed by atoms with van der Waals surface area (Å²) in [5.74, 6) is 0. The SMILES string of the molecule is CNc1cnn(CCOCC(F)(F)F)c(=O)c1. The van der Waals surface area contributed by atoms with Crippen LogP contribution in [0.3, 0.4) is 0 Å². The number of ether oxygens (including phenoxy) is 1. The van der Waals surface area contributed by atoms with Crippen molar-refractivity contribution >= 4 is 5.69 Å². The summed E-state index contributed by atoms with van der Waals surface area (Å²) in [6, 6.07) is 1.30. The maximum atomic E-state index is 11.7. The number of nitrogens with zero attached hydrogens (tertiary/aromatic N) is 2. The van der Waals surface area contributed by atoms with Crippen molar-refractivity contribution < 1.29 is 17.9 Å². The summed E-state index contributed by atoms with van der Waals surface area (Å²) in [4.78, 5) is 11.4. The Hall–Kier alpha value is -1.57. The van der Waals surface area contributed by atoms with Crippen LogP contribution >= 0.6 is 0 Å². The van der Waals surface area contributed by atoms with E-state index in [1.807, 2.05) is 0 Å². The van der Waals surface area contributed by atoms with Gasteiger partial charge in [0.1, 0.15) is 6.61 Å². The highest BCUT2D eigenvalue weighted by molar-refractivity contribution is 5.37. The molecule has 1 heterocycles. The molecule has 0 amide bonds. The molecule has 0 saturated carbocycles. The Kier molecular flexibility index (Phi) is 4.50. The van der Waals surface area contributed by atoms with Crippen LogP contribution < -0.4 is 10.9 Å². The third-order valence-electron chi connectivity index (χ3n) is 1.87. The van der Waals surface area contributed by atoms with E-state index in [9.17, 15) is 18.0 Å². The van der Waals surface area contributed by atoms with Gasteiger partial charge in [0.2, 0.25) is 0 Å². The topological polar surface area (TPSA) is 56.1 Å². The molecule has 1 aromatic rings. The number of halogens is 3. The highest BCUT2D eigenvalue weighted by Gasteiger charge is 2.27. The van der Waals surface area contributed by atoms with Crippen molar-refractivity contribution in [3.05, 3.63) is 22.6 Å². The molecule has 0 saturated heterocycles. The van der Waals surface area contributed by atoms with Gasteiger partial charge in [-0.05, 0) is 0 Å². The van der Waals surface area contributed by atoms with Gasteiger partial charge >= 0.3 is 6.18 Å². The quantitative estimate of drug-likeness (QED) is 0.789. The van der Waals surface area contributed by atoms with Crippen molar-refractivity contribution in [3.8, 4) is 0 Å². The van der Waals surface area contributed by atoms with Crippen molar-refractivity contribution in [2.45, 2.75) is 12.7 Å². The zero-order valence-corrected chi connectivity index (χ0v) is 9.12. The van der Waals surface area contributed by atoms with Crippen molar-refractivity contribution in [1.82, 2.24) is 9.78 Å². The summed E-state index contributed by atoms with van der Waals surface area (Å²) >= 11 is 0. The van der Waals surface area contributed by atoms with E-state index in [0.717, 1.165) is 4.68 Å². The Balaban J connectivity index is 2.45. The van der Waals surface area contributed by atoms with E-state index in [-0.39, 0.29) is 13.2 Å². The van der Waals surface area contributed by atoms with Crippen molar-refractivity contribution in [3.63, 3.8) is 0 Å². The molecule has 0 atom stereocenters. The van der Waals surface area contributed by atoms with E-state index in [1.165, 1.54) is 12.3 Å². The normalized spacial score (nSPS) is 11.5. The van der Waals surface area contributed by atoms with E-state index < -0.39 is 18.3 Å². The predicted octanol–water partition coefficient (Wildman–Crippen LogP) is 0.864. The Morgan fingerprint density at radius 3 is 2.76 bits per heavy atom. The molecule has 8 heteroatoms. The van der Waals surface area contributed by atoms with E-state index in [4.69, 9.17) is 0 Å². The van der Waals surface area contributed by atoms with Gasteiger partial charge in [-0.3, -0.25) is 4.79 Å². The van der Waals surface area contributed by atoms with Crippen LogP contribution in [0, 0.1) is 0 Å². The Morgan fingerprint density at radius 2 is 2.24 bits per heavy atom. The maximum Gasteiger partial charge on any atom is 0.411 e. The van der Waals surface area contributed by atoms with E-state index >= 15 is 0 Å². The largest absolute Gasteiger partial charge is 0.411 e. The lowest BCUT2D eigenvalue weighted by Crippen LogP contribution is -2.26. The van der Waals surface area contributed by atoms with Gasteiger partial charge in [0.25, 0.3) is 5.56 Å². The molecule has 0 aliphatic heterocycles. The zero-order chi connectivity index (χ0) is 12.9. The summed E-state index contributed by atoms with van der Waals surface area (Å²) in [7, 11) is 1.63. The smallest absolute Gasteiger partial charge is 0.387 e. The Labute approximate surface area is 95.2 Å². The van der Waals surface area contributed by atoms with Gasteiger partial charge in [-0.1, -0.05) is 0 Å². The summed E-state index contributed by atoms with van der Waals surface area (Å²) < 4.78 is 40.6. The van der Waals surface area contributed by atoms with Gasteiger partial charge in [-0.15, -0.1) is 0 Å². The average Bonchev–Trinajstić information content (AvgIpc) is 2.24. The molecule has 1 N–H and O–H groups in total. The fourth-order valence-corrected chi connectivity index (χ4v) is 1.08. The number of hydrogen-bond acceptors (Lipinski definition) is 4. The molecule has 0 radical (unpaired) electrons. The molecule has 1 rings (SSSR count). The van der Waals surface area contributed by atoms with Crippen LogP contribution in [0.15, 0.2) is 17.1 Å². The van der Waals surface area contributed by atoms with Gasteiger partial charge < -0.3 is 10.1 Å². The molecular formula is C9H12F3N3O2. The minimum Gasteiger partial charge on any atom is -0.387 e. The van der Waals surface area contributed by atoms with Gasteiger partial charge in [0.05, 0.1) is 25.0 Å². The molecule has 0 unspecified atom stereocenters. The molecule has 1 aromatic heterocycles. The molecule has 5 nitrogen and oxygen atoms in total. The summed E-state index contributed by atoms with van der Waals surface area (Å²) in [5, 5.41) is 6.49. The van der Waals surface area contributed by atoms with Crippen LogP contribution in [0.25, 0.3) is 0 Å². The van der Waals surface area contributed by atoms with E-state index in [2.05, 4.69) is 15.2 Å². The second-order valence-electron chi connectivity index (χ2n) is 3.22. The highest BCUT2D eigenvalue weighted by Crippen LogP contribution is 2.14. The van der Waals surface area contributed by atoms with Crippen LogP contribution in [0.2, 0.25) is 0 Å². The number of rotatable bonds is 5. The molecule has 96 valence electrons. The predicted molar refractivity (Wildman–Crippen MR) is 54.9 cm³/mol. The summed E-state index contributed by atoms with van der Waals surface area (Å²) in [6.45, 7) is -1.55. The van der Waals surface area contributed by atoms with E-state index in [0.29, 0.717) is 5.69 Å². The number of alkyl halides is 3. The Morgan fingerprint density at radius 1 is 1.53 bits per heavy atom. The first kappa shape index (κ1) is 13.5. The molecular weight excluding hydrogens is 239 g/mol. The fourth-order valence-electron chi connectivity index (χ4n) is 1.08. The third kappa shape index (κ3) is 4.85. The lowest BCUT2D eigenvalue weighted by Gasteiger charge is -2.08. The van der Waals surface area contributed by atoms with Gasteiger partial charge in [0, 0.05) is 13.1 Å². The summed E-state index contributed by atoms with van der Waals surface area (Å²) in [5.41, 5.74) is 0.148. The fraction of sp³-hybridized carbons (Fsp3) is 0.556. The van der Waals surface area contributed by atoms with Crippen molar-refractivity contribution in [2.24, 2.45) is 0 Å². The van der Waals surface area contributed by atoms with Gasteiger partial charge in [0.15, 0.2) is 0 Å². The average molecular weight is 251 g/mol. The van der Waals surface area contributed by atoms with Crippen molar-refractivity contribution in [2.75, 3.05) is 25.6 Å². The third-order valence-corrected chi connectivity index (χ3v) is 1.87. The number of hydrogen-bond donors (Lipinski definition) is 1. The minimum atomic E-state index is -4.35. The molecule has 0 bridgehead atoms. The van der Waals surface area contributed by atoms with Gasteiger partial charge in [-0.2, -0.15) is 18.3 Å². The Bertz CT molecular complexity index is 417. The molecule has 0 fully saturated rings. The van der Waals surface area contributed by atoms with Crippen LogP contribution in [-0.4, -0.2) is 36.2 Å². The zero-order valence-electron chi connectivity index (χ0n) is 9.12. The van der Waals surface area contributed by atoms with Crippen LogP contribution in [0.1, 0.15) is 0 Å². The van der Waals surface area contributed by atoms with Crippen LogP contribution in [-0.2, 0) is 11.3 Å². The first-order valence-corrected chi connectivity index (χ1v) is 4.82. The van der Waals surface area contributed by atoms with Crippen LogP contribution in [0.4, 0.5) is 18.9 Å². The highest BCUT2D eigenvalue weighted by atomic mass is 19.4. The molecule has 0 spiro atoms. The maximum absolute atomic E-state index is 11.7. The summed E-state index contributed by atoms with van der Waals surface area (Å²) in [6.07, 6.45) is -2.94. The minimum absolute atomic E-state index is 0.0150. The van der Waals surface area contributed by atoms with E-state index in [1.54, 1.807) is 7.05 Å². The first-order valence-electron chi connectivity index (χ1n) is 4.82. The van der Waals surface area contributed by atoms with Crippen molar-refractivity contribution in [1.29, 1.82) is 0 Å². The van der Waals surface area contributed by atoms with Crippen LogP contribution in [0.5, 0.6) is 0 Å². The number of anilines is 1. The second-order valence-corrected chi connectivity index (χ2v) is 3.22. The molecule has 0 aliphatic rings. The standard InChI is InChI=1S/C9H12F3N3O2/c1-13-7-4-8(16)15(14-5-7)2-3-17-6-9(10,11)12/h4-5,13H,2-3,6H2,1H3. The number of aromatic nitrogens is 2. The lowest BCUT2D eigenvalue weighted by molar-refractivity contribution is -0.174.